The molecular formula is C25H21NO5. The van der Waals surface area contributed by atoms with Gasteiger partial charge in [-0.3, -0.25) is 4.79 Å². The van der Waals surface area contributed by atoms with E-state index in [9.17, 15) is 4.79 Å². The van der Waals surface area contributed by atoms with Gasteiger partial charge in [-0.05, 0) is 60.2 Å². The largest absolute Gasteiger partial charge is 0.497 e. The van der Waals surface area contributed by atoms with Gasteiger partial charge in [0, 0.05) is 5.56 Å². The van der Waals surface area contributed by atoms with Gasteiger partial charge in [0.05, 0.1) is 26.9 Å². The van der Waals surface area contributed by atoms with Gasteiger partial charge in [-0.2, -0.15) is 0 Å². The van der Waals surface area contributed by atoms with E-state index in [4.69, 9.17) is 18.6 Å². The lowest BCUT2D eigenvalue weighted by Crippen LogP contribution is -2.03. The Balaban J connectivity index is 1.83. The summed E-state index contributed by atoms with van der Waals surface area (Å²) in [5.74, 6) is 1.86. The molecule has 0 atom stereocenters. The quantitative estimate of drug-likeness (QED) is 0.302. The van der Waals surface area contributed by atoms with Crippen molar-refractivity contribution >= 4 is 28.5 Å². The Kier molecular flexibility index (Phi) is 5.71. The normalized spacial score (nSPS) is 11.4. The zero-order chi connectivity index (χ0) is 21.8. The number of nitrogens with zero attached hydrogens (tertiary/aromatic N) is 1. The number of methoxy groups -OCH3 is 3. The van der Waals surface area contributed by atoms with E-state index in [1.807, 2.05) is 30.3 Å². The number of oxazole rings is 1. The van der Waals surface area contributed by atoms with E-state index in [1.165, 1.54) is 0 Å². The van der Waals surface area contributed by atoms with E-state index in [0.717, 1.165) is 5.56 Å². The highest BCUT2D eigenvalue weighted by molar-refractivity contribution is 6.31. The van der Waals surface area contributed by atoms with Crippen LogP contribution in [0, 0.1) is 0 Å². The van der Waals surface area contributed by atoms with Crippen LogP contribution in [0.2, 0.25) is 0 Å². The van der Waals surface area contributed by atoms with Gasteiger partial charge in [0.1, 0.15) is 11.3 Å². The molecular weight excluding hydrogens is 394 g/mol. The smallest absolute Gasteiger partial charge is 0.231 e. The van der Waals surface area contributed by atoms with Gasteiger partial charge in [0.15, 0.2) is 22.9 Å². The van der Waals surface area contributed by atoms with Gasteiger partial charge >= 0.3 is 0 Å². The molecule has 0 amide bonds. The minimum atomic E-state index is -0.219. The average molecular weight is 415 g/mol. The van der Waals surface area contributed by atoms with Crippen LogP contribution in [0.25, 0.3) is 22.7 Å². The molecule has 6 heteroatoms. The van der Waals surface area contributed by atoms with Crippen LogP contribution in [0.3, 0.4) is 0 Å². The molecule has 31 heavy (non-hydrogen) atoms. The molecule has 0 radical (unpaired) electrons. The summed E-state index contributed by atoms with van der Waals surface area (Å²) in [5, 5.41) is 0. The minimum Gasteiger partial charge on any atom is -0.497 e. The number of hydrogen-bond donors (Lipinski definition) is 0. The lowest BCUT2D eigenvalue weighted by atomic mass is 10.0. The lowest BCUT2D eigenvalue weighted by molar-refractivity contribution is 0.105. The fourth-order valence-corrected chi connectivity index (χ4v) is 3.22. The van der Waals surface area contributed by atoms with E-state index >= 15 is 0 Å². The Hall–Kier alpha value is -4.06. The topological polar surface area (TPSA) is 70.8 Å². The second-order valence-corrected chi connectivity index (χ2v) is 6.72. The van der Waals surface area contributed by atoms with Crippen LogP contribution in [-0.2, 0) is 0 Å². The summed E-state index contributed by atoms with van der Waals surface area (Å²) >= 11 is 0. The van der Waals surface area contributed by atoms with Gasteiger partial charge < -0.3 is 18.6 Å². The van der Waals surface area contributed by atoms with Crippen molar-refractivity contribution in [3.05, 3.63) is 83.7 Å². The number of benzene rings is 3. The van der Waals surface area contributed by atoms with Crippen molar-refractivity contribution in [1.29, 1.82) is 0 Å². The van der Waals surface area contributed by atoms with Crippen molar-refractivity contribution in [3.63, 3.8) is 0 Å². The van der Waals surface area contributed by atoms with Crippen LogP contribution in [0.15, 0.2) is 71.1 Å². The lowest BCUT2D eigenvalue weighted by Gasteiger charge is -2.09. The molecule has 4 aromatic rings. The molecule has 0 fully saturated rings. The number of allylic oxidation sites excluding steroid dienone is 1. The summed E-state index contributed by atoms with van der Waals surface area (Å²) in [5.41, 5.74) is 2.86. The fraction of sp³-hybridized carbons (Fsp3) is 0.120. The van der Waals surface area contributed by atoms with E-state index < -0.39 is 0 Å². The van der Waals surface area contributed by atoms with Gasteiger partial charge in [0.25, 0.3) is 0 Å². The first kappa shape index (κ1) is 20.2. The average Bonchev–Trinajstić information content (AvgIpc) is 3.26. The number of carbonyl (C=O) groups is 1. The first-order chi connectivity index (χ1) is 15.1. The molecule has 1 heterocycles. The molecule has 0 spiro atoms. The standard InChI is InChI=1S/C25H21NO5/c1-28-18-11-9-17(10-12-18)24(27)19(25-26-20-6-4-5-7-21(20)31-25)14-16-8-13-22(29-2)23(15-16)30-3/h4-15H,1-3H3. The summed E-state index contributed by atoms with van der Waals surface area (Å²) in [6, 6.07) is 19.7. The van der Waals surface area contributed by atoms with Crippen molar-refractivity contribution in [3.8, 4) is 17.2 Å². The summed E-state index contributed by atoms with van der Waals surface area (Å²) in [4.78, 5) is 18.0. The van der Waals surface area contributed by atoms with Crippen molar-refractivity contribution in [2.75, 3.05) is 21.3 Å². The van der Waals surface area contributed by atoms with Crippen molar-refractivity contribution in [2.24, 2.45) is 0 Å². The Morgan fingerprint density at radius 1 is 0.871 bits per heavy atom. The van der Waals surface area contributed by atoms with Crippen molar-refractivity contribution < 1.29 is 23.4 Å². The molecule has 0 aliphatic heterocycles. The van der Waals surface area contributed by atoms with Crippen molar-refractivity contribution in [1.82, 2.24) is 4.98 Å². The van der Waals surface area contributed by atoms with E-state index in [0.29, 0.717) is 39.5 Å². The molecule has 0 unspecified atom stereocenters. The highest BCUT2D eigenvalue weighted by Gasteiger charge is 2.20. The van der Waals surface area contributed by atoms with E-state index in [-0.39, 0.29) is 11.7 Å². The molecule has 6 nitrogen and oxygen atoms in total. The molecule has 1 aromatic heterocycles. The Bertz CT molecular complexity index is 1220. The maximum absolute atomic E-state index is 13.4. The van der Waals surface area contributed by atoms with Crippen LogP contribution in [0.1, 0.15) is 21.8 Å². The zero-order valence-corrected chi connectivity index (χ0v) is 17.4. The third-order valence-electron chi connectivity index (χ3n) is 4.84. The molecule has 0 saturated heterocycles. The highest BCUT2D eigenvalue weighted by Crippen LogP contribution is 2.31. The van der Waals surface area contributed by atoms with Gasteiger partial charge in [0.2, 0.25) is 5.89 Å². The van der Waals surface area contributed by atoms with Gasteiger partial charge in [-0.15, -0.1) is 0 Å². The Labute approximate surface area is 179 Å². The number of Topliss-reactive ketones (excluding diaryl/α,β-unsaturated/α-hetero) is 1. The third kappa shape index (κ3) is 4.14. The predicted molar refractivity (Wildman–Crippen MR) is 119 cm³/mol. The maximum Gasteiger partial charge on any atom is 0.231 e. The van der Waals surface area contributed by atoms with Crippen molar-refractivity contribution in [2.45, 2.75) is 0 Å². The number of ether oxygens (including phenoxy) is 3. The monoisotopic (exact) mass is 415 g/mol. The second-order valence-electron chi connectivity index (χ2n) is 6.72. The first-order valence-electron chi connectivity index (χ1n) is 9.61. The zero-order valence-electron chi connectivity index (χ0n) is 17.4. The highest BCUT2D eigenvalue weighted by atomic mass is 16.5. The fourth-order valence-electron chi connectivity index (χ4n) is 3.22. The number of para-hydroxylation sites is 2. The molecule has 0 aliphatic carbocycles. The number of rotatable bonds is 7. The SMILES string of the molecule is COc1ccc(C(=O)C(=Cc2ccc(OC)c(OC)c2)c2nc3ccccc3o2)cc1. The number of fused-ring (bicyclic) bond motifs is 1. The summed E-state index contributed by atoms with van der Waals surface area (Å²) in [7, 11) is 4.72. The van der Waals surface area contributed by atoms with E-state index in [2.05, 4.69) is 4.98 Å². The van der Waals surface area contributed by atoms with Gasteiger partial charge in [-0.1, -0.05) is 18.2 Å². The number of ketones is 1. The predicted octanol–water partition coefficient (Wildman–Crippen LogP) is 5.28. The molecule has 156 valence electrons. The van der Waals surface area contributed by atoms with Crippen LogP contribution in [-0.4, -0.2) is 32.1 Å². The van der Waals surface area contributed by atoms with Crippen LogP contribution in [0.5, 0.6) is 17.2 Å². The summed E-state index contributed by atoms with van der Waals surface area (Å²) < 4.78 is 21.8. The van der Waals surface area contributed by atoms with E-state index in [1.54, 1.807) is 63.8 Å². The van der Waals surface area contributed by atoms with Crippen LogP contribution >= 0.6 is 0 Å². The molecule has 0 saturated carbocycles. The molecule has 4 rings (SSSR count). The molecule has 0 bridgehead atoms. The van der Waals surface area contributed by atoms with Gasteiger partial charge in [-0.25, -0.2) is 4.98 Å². The van der Waals surface area contributed by atoms with Crippen LogP contribution in [0.4, 0.5) is 0 Å². The summed E-state index contributed by atoms with van der Waals surface area (Å²) in [6.07, 6.45) is 1.74. The number of aromatic nitrogens is 1. The minimum absolute atomic E-state index is 0.219. The molecule has 0 N–H and O–H groups in total. The Morgan fingerprint density at radius 2 is 1.61 bits per heavy atom. The van der Waals surface area contributed by atoms with Crippen LogP contribution < -0.4 is 14.2 Å². The summed E-state index contributed by atoms with van der Waals surface area (Å²) in [6.45, 7) is 0. The third-order valence-corrected chi connectivity index (χ3v) is 4.84. The maximum atomic E-state index is 13.4. The Morgan fingerprint density at radius 3 is 2.29 bits per heavy atom. The molecule has 3 aromatic carbocycles. The number of hydrogen-bond acceptors (Lipinski definition) is 6. The first-order valence-corrected chi connectivity index (χ1v) is 9.61. The molecule has 0 aliphatic rings. The number of carbonyl (C=O) groups excluding carboxylic acids is 1. The second kappa shape index (κ2) is 8.75.